The van der Waals surface area contributed by atoms with E-state index in [1.54, 1.807) is 0 Å². The molecule has 1 rings (SSSR count). The minimum absolute atomic E-state index is 0.0492. The number of carbonyl (C=O) groups excluding carboxylic acids is 1. The third kappa shape index (κ3) is 4.48. The fraction of sp³-hybridized carbons (Fsp3) is 0.917. The van der Waals surface area contributed by atoms with Crippen molar-refractivity contribution in [2.45, 2.75) is 38.1 Å². The van der Waals surface area contributed by atoms with Crippen molar-refractivity contribution in [2.75, 3.05) is 24.7 Å². The molecule has 5 heteroatoms. The minimum atomic E-state index is -0.847. The summed E-state index contributed by atoms with van der Waals surface area (Å²) in [5.41, 5.74) is -0.847. The van der Waals surface area contributed by atoms with Crippen LogP contribution in [0.5, 0.6) is 0 Å². The molecule has 0 saturated carbocycles. The van der Waals surface area contributed by atoms with E-state index in [9.17, 15) is 15.0 Å². The second-order valence-electron chi connectivity index (χ2n) is 4.76. The highest BCUT2D eigenvalue weighted by Gasteiger charge is 2.29. The van der Waals surface area contributed by atoms with E-state index in [0.29, 0.717) is 18.8 Å². The summed E-state index contributed by atoms with van der Waals surface area (Å²) in [6.07, 6.45) is 3.24. The van der Waals surface area contributed by atoms with Crippen LogP contribution in [-0.2, 0) is 4.79 Å². The van der Waals surface area contributed by atoms with E-state index in [-0.39, 0.29) is 19.1 Å². The van der Waals surface area contributed by atoms with Crippen LogP contribution in [0.1, 0.15) is 32.6 Å². The Kier molecular flexibility index (Phi) is 6.30. The fourth-order valence-corrected chi connectivity index (χ4v) is 3.20. The second-order valence-corrected chi connectivity index (χ2v) is 5.98. The topological polar surface area (TPSA) is 69.6 Å². The van der Waals surface area contributed by atoms with Gasteiger partial charge in [-0.05, 0) is 36.7 Å². The summed E-state index contributed by atoms with van der Waals surface area (Å²) in [5.74, 6) is 2.68. The van der Waals surface area contributed by atoms with Crippen molar-refractivity contribution in [3.05, 3.63) is 0 Å². The molecule has 0 aromatic rings. The van der Waals surface area contributed by atoms with Gasteiger partial charge in [0.2, 0.25) is 5.91 Å². The van der Waals surface area contributed by atoms with Gasteiger partial charge in [0.1, 0.15) is 0 Å². The van der Waals surface area contributed by atoms with Gasteiger partial charge < -0.3 is 15.5 Å². The average molecular weight is 261 g/mol. The Morgan fingerprint density at radius 2 is 1.94 bits per heavy atom. The molecule has 1 aliphatic heterocycles. The zero-order chi connectivity index (χ0) is 12.7. The highest BCUT2D eigenvalue weighted by Crippen LogP contribution is 2.25. The van der Waals surface area contributed by atoms with Crippen LogP contribution < -0.4 is 5.32 Å². The van der Waals surface area contributed by atoms with Crippen molar-refractivity contribution in [1.82, 2.24) is 5.32 Å². The standard InChI is InChI=1S/C12H23NO3S/c1-2-12(8-14,9-15)13-11(16)7-10-3-5-17-6-4-10/h10,14-15H,2-9H2,1H3,(H,13,16). The lowest BCUT2D eigenvalue weighted by molar-refractivity contribution is -0.125. The lowest BCUT2D eigenvalue weighted by Gasteiger charge is -2.31. The summed E-state index contributed by atoms with van der Waals surface area (Å²) < 4.78 is 0. The number of carbonyl (C=O) groups is 1. The Balaban J connectivity index is 2.41. The van der Waals surface area contributed by atoms with Gasteiger partial charge in [-0.3, -0.25) is 4.79 Å². The summed E-state index contributed by atoms with van der Waals surface area (Å²) in [6, 6.07) is 0. The van der Waals surface area contributed by atoms with E-state index >= 15 is 0 Å². The van der Waals surface area contributed by atoms with Gasteiger partial charge in [0.05, 0.1) is 18.8 Å². The van der Waals surface area contributed by atoms with Crippen LogP contribution in [-0.4, -0.2) is 46.4 Å². The number of hydrogen-bond acceptors (Lipinski definition) is 4. The SMILES string of the molecule is CCC(CO)(CO)NC(=O)CC1CCSCC1. The van der Waals surface area contributed by atoms with E-state index in [2.05, 4.69) is 5.32 Å². The molecule has 1 aliphatic rings. The summed E-state index contributed by atoms with van der Waals surface area (Å²) >= 11 is 1.94. The van der Waals surface area contributed by atoms with Crippen molar-refractivity contribution in [2.24, 2.45) is 5.92 Å². The van der Waals surface area contributed by atoms with Crippen LogP contribution in [0.4, 0.5) is 0 Å². The molecular formula is C12H23NO3S. The molecule has 0 atom stereocenters. The molecule has 3 N–H and O–H groups in total. The zero-order valence-corrected chi connectivity index (χ0v) is 11.3. The second kappa shape index (κ2) is 7.24. The third-order valence-electron chi connectivity index (χ3n) is 3.50. The molecule has 17 heavy (non-hydrogen) atoms. The lowest BCUT2D eigenvalue weighted by atomic mass is 9.95. The van der Waals surface area contributed by atoms with Crippen molar-refractivity contribution < 1.29 is 15.0 Å². The monoisotopic (exact) mass is 261 g/mol. The number of thioether (sulfide) groups is 1. The van der Waals surface area contributed by atoms with E-state index in [1.165, 1.54) is 0 Å². The first kappa shape index (κ1) is 14.8. The maximum absolute atomic E-state index is 11.9. The molecule has 4 nitrogen and oxygen atoms in total. The molecule has 1 saturated heterocycles. The number of hydrogen-bond donors (Lipinski definition) is 3. The number of aliphatic hydroxyl groups excluding tert-OH is 2. The van der Waals surface area contributed by atoms with E-state index in [1.807, 2.05) is 18.7 Å². The highest BCUT2D eigenvalue weighted by molar-refractivity contribution is 7.99. The normalized spacial score (nSPS) is 18.1. The molecule has 0 aromatic heterocycles. The van der Waals surface area contributed by atoms with E-state index in [4.69, 9.17) is 0 Å². The summed E-state index contributed by atoms with van der Waals surface area (Å²) in [5, 5.41) is 21.3. The predicted octanol–water partition coefficient (Wildman–Crippen LogP) is 0.769. The average Bonchev–Trinajstić information content (AvgIpc) is 2.37. The number of amides is 1. The van der Waals surface area contributed by atoms with Crippen LogP contribution in [0.15, 0.2) is 0 Å². The van der Waals surface area contributed by atoms with Gasteiger partial charge in [-0.25, -0.2) is 0 Å². The summed E-state index contributed by atoms with van der Waals surface area (Å²) in [7, 11) is 0. The molecule has 100 valence electrons. The zero-order valence-electron chi connectivity index (χ0n) is 10.4. The lowest BCUT2D eigenvalue weighted by Crippen LogP contribution is -2.54. The smallest absolute Gasteiger partial charge is 0.220 e. The molecule has 0 spiro atoms. The third-order valence-corrected chi connectivity index (χ3v) is 4.55. The number of rotatable bonds is 6. The molecule has 0 aliphatic carbocycles. The molecule has 1 heterocycles. The van der Waals surface area contributed by atoms with Crippen molar-refractivity contribution >= 4 is 17.7 Å². The first-order valence-electron chi connectivity index (χ1n) is 6.26. The van der Waals surface area contributed by atoms with Crippen LogP contribution >= 0.6 is 11.8 Å². The predicted molar refractivity (Wildman–Crippen MR) is 70.0 cm³/mol. The molecule has 0 bridgehead atoms. The van der Waals surface area contributed by atoms with Crippen LogP contribution in [0.2, 0.25) is 0 Å². The molecule has 1 fully saturated rings. The van der Waals surface area contributed by atoms with Gasteiger partial charge in [-0.2, -0.15) is 11.8 Å². The Labute approximate surface area is 107 Å². The summed E-state index contributed by atoms with van der Waals surface area (Å²) in [4.78, 5) is 11.9. The van der Waals surface area contributed by atoms with Gasteiger partial charge in [0.25, 0.3) is 0 Å². The largest absolute Gasteiger partial charge is 0.394 e. The van der Waals surface area contributed by atoms with Crippen molar-refractivity contribution in [3.8, 4) is 0 Å². The molecule has 0 radical (unpaired) electrons. The van der Waals surface area contributed by atoms with Crippen LogP contribution in [0, 0.1) is 5.92 Å². The Morgan fingerprint density at radius 1 is 1.35 bits per heavy atom. The van der Waals surface area contributed by atoms with Gasteiger partial charge in [-0.15, -0.1) is 0 Å². The Morgan fingerprint density at radius 3 is 2.41 bits per heavy atom. The number of nitrogens with one attached hydrogen (secondary N) is 1. The van der Waals surface area contributed by atoms with Gasteiger partial charge in [0.15, 0.2) is 0 Å². The molecule has 0 unspecified atom stereocenters. The van der Waals surface area contributed by atoms with Crippen molar-refractivity contribution in [1.29, 1.82) is 0 Å². The Hall–Kier alpha value is -0.260. The molecular weight excluding hydrogens is 238 g/mol. The molecule has 1 amide bonds. The minimum Gasteiger partial charge on any atom is -0.394 e. The first-order chi connectivity index (χ1) is 8.15. The van der Waals surface area contributed by atoms with Crippen LogP contribution in [0.25, 0.3) is 0 Å². The van der Waals surface area contributed by atoms with Gasteiger partial charge in [-0.1, -0.05) is 6.92 Å². The molecule has 0 aromatic carbocycles. The quantitative estimate of drug-likeness (QED) is 0.660. The van der Waals surface area contributed by atoms with Crippen molar-refractivity contribution in [3.63, 3.8) is 0 Å². The van der Waals surface area contributed by atoms with Crippen LogP contribution in [0.3, 0.4) is 0 Å². The maximum Gasteiger partial charge on any atom is 0.220 e. The van der Waals surface area contributed by atoms with Gasteiger partial charge in [0, 0.05) is 6.42 Å². The van der Waals surface area contributed by atoms with Gasteiger partial charge >= 0.3 is 0 Å². The van der Waals surface area contributed by atoms with E-state index in [0.717, 1.165) is 24.3 Å². The summed E-state index contributed by atoms with van der Waals surface area (Å²) in [6.45, 7) is 1.42. The maximum atomic E-state index is 11.9. The number of aliphatic hydroxyl groups is 2. The van der Waals surface area contributed by atoms with E-state index < -0.39 is 5.54 Å². The highest BCUT2D eigenvalue weighted by atomic mass is 32.2. The fourth-order valence-electron chi connectivity index (χ4n) is 2.00. The Bertz CT molecular complexity index is 230. The first-order valence-corrected chi connectivity index (χ1v) is 7.41.